The normalized spacial score (nSPS) is 17.1. The van der Waals surface area contributed by atoms with Gasteiger partial charge in [-0.2, -0.15) is 5.10 Å². The summed E-state index contributed by atoms with van der Waals surface area (Å²) < 4.78 is 1.63. The van der Waals surface area contributed by atoms with E-state index in [0.29, 0.717) is 35.9 Å². The van der Waals surface area contributed by atoms with Crippen LogP contribution in [0.4, 0.5) is 10.5 Å². The van der Waals surface area contributed by atoms with Crippen molar-refractivity contribution in [3.05, 3.63) is 54.2 Å². The highest BCUT2D eigenvalue weighted by Gasteiger charge is 2.29. The minimum Gasteiger partial charge on any atom is -0.324 e. The zero-order chi connectivity index (χ0) is 18.8. The monoisotopic (exact) mass is 364 g/mol. The summed E-state index contributed by atoms with van der Waals surface area (Å²) in [4.78, 5) is 35.6. The van der Waals surface area contributed by atoms with E-state index in [9.17, 15) is 9.59 Å². The number of aryl methyl sites for hydroxylation is 1. The first-order valence-electron chi connectivity index (χ1n) is 8.95. The van der Waals surface area contributed by atoms with Gasteiger partial charge in [0.05, 0.1) is 5.69 Å². The SMILES string of the molecule is Cc1nc2c(NC(=O)N3CCCC(C(=O)c4ccccn4)C3)cccn2n1. The lowest BCUT2D eigenvalue weighted by Gasteiger charge is -2.31. The molecule has 4 heterocycles. The maximum Gasteiger partial charge on any atom is 0.321 e. The number of pyridine rings is 2. The van der Waals surface area contributed by atoms with Gasteiger partial charge in [-0.1, -0.05) is 6.07 Å². The molecule has 8 heteroatoms. The van der Waals surface area contributed by atoms with E-state index < -0.39 is 0 Å². The fourth-order valence-corrected chi connectivity index (χ4v) is 3.40. The number of piperidine rings is 1. The minimum atomic E-state index is -0.234. The Labute approximate surface area is 156 Å². The number of aromatic nitrogens is 4. The Bertz CT molecular complexity index is 984. The number of carbonyl (C=O) groups is 2. The summed E-state index contributed by atoms with van der Waals surface area (Å²) >= 11 is 0. The Kier molecular flexibility index (Phi) is 4.53. The van der Waals surface area contributed by atoms with Crippen LogP contribution in [0.25, 0.3) is 5.65 Å². The van der Waals surface area contributed by atoms with Gasteiger partial charge in [-0.3, -0.25) is 9.78 Å². The first-order chi connectivity index (χ1) is 13.1. The topological polar surface area (TPSA) is 92.5 Å². The highest BCUT2D eigenvalue weighted by Crippen LogP contribution is 2.22. The van der Waals surface area contributed by atoms with E-state index in [0.717, 1.165) is 12.8 Å². The van der Waals surface area contributed by atoms with E-state index in [-0.39, 0.29) is 17.7 Å². The number of carbonyl (C=O) groups excluding carboxylic acids is 2. The van der Waals surface area contributed by atoms with Gasteiger partial charge in [0, 0.05) is 31.4 Å². The molecule has 8 nitrogen and oxygen atoms in total. The molecule has 1 aliphatic heterocycles. The number of fused-ring (bicyclic) bond motifs is 1. The van der Waals surface area contributed by atoms with Gasteiger partial charge in [-0.15, -0.1) is 0 Å². The van der Waals surface area contributed by atoms with Crippen molar-refractivity contribution in [3.8, 4) is 0 Å². The van der Waals surface area contributed by atoms with Crippen LogP contribution in [0.5, 0.6) is 0 Å². The Morgan fingerprint density at radius 2 is 2.11 bits per heavy atom. The molecule has 0 bridgehead atoms. The van der Waals surface area contributed by atoms with Crippen molar-refractivity contribution in [1.82, 2.24) is 24.5 Å². The first kappa shape index (κ1) is 17.1. The first-order valence-corrected chi connectivity index (χ1v) is 8.95. The number of hydrogen-bond donors (Lipinski definition) is 1. The number of hydrogen-bond acceptors (Lipinski definition) is 5. The second-order valence-corrected chi connectivity index (χ2v) is 6.64. The van der Waals surface area contributed by atoms with E-state index in [1.54, 1.807) is 59.1 Å². The van der Waals surface area contributed by atoms with E-state index in [1.165, 1.54) is 0 Å². The number of anilines is 1. The molecule has 3 aromatic heterocycles. The second-order valence-electron chi connectivity index (χ2n) is 6.64. The van der Waals surface area contributed by atoms with Gasteiger partial charge in [-0.05, 0) is 44.0 Å². The lowest BCUT2D eigenvalue weighted by atomic mass is 9.92. The molecule has 0 spiro atoms. The Hall–Kier alpha value is -3.29. The average molecular weight is 364 g/mol. The van der Waals surface area contributed by atoms with Crippen LogP contribution in [0, 0.1) is 12.8 Å². The zero-order valence-corrected chi connectivity index (χ0v) is 15.0. The summed E-state index contributed by atoms with van der Waals surface area (Å²) in [6, 6.07) is 8.67. The van der Waals surface area contributed by atoms with Crippen molar-refractivity contribution in [3.63, 3.8) is 0 Å². The van der Waals surface area contributed by atoms with Gasteiger partial charge in [0.1, 0.15) is 11.5 Å². The molecule has 1 N–H and O–H groups in total. The molecular formula is C19H20N6O2. The van der Waals surface area contributed by atoms with E-state index in [2.05, 4.69) is 20.4 Å². The van der Waals surface area contributed by atoms with Crippen molar-refractivity contribution in [1.29, 1.82) is 0 Å². The molecule has 1 saturated heterocycles. The van der Waals surface area contributed by atoms with Gasteiger partial charge in [0.25, 0.3) is 0 Å². The number of urea groups is 1. The van der Waals surface area contributed by atoms with E-state index in [1.807, 2.05) is 0 Å². The fraction of sp³-hybridized carbons (Fsp3) is 0.316. The highest BCUT2D eigenvalue weighted by molar-refractivity contribution is 5.97. The Morgan fingerprint density at radius 3 is 2.93 bits per heavy atom. The largest absolute Gasteiger partial charge is 0.324 e. The van der Waals surface area contributed by atoms with Crippen molar-refractivity contribution in [2.24, 2.45) is 5.92 Å². The van der Waals surface area contributed by atoms with Gasteiger partial charge in [0.2, 0.25) is 0 Å². The molecule has 4 rings (SSSR count). The average Bonchev–Trinajstić information content (AvgIpc) is 3.09. The summed E-state index contributed by atoms with van der Waals surface area (Å²) in [6.07, 6.45) is 4.94. The zero-order valence-electron chi connectivity index (χ0n) is 15.0. The highest BCUT2D eigenvalue weighted by atomic mass is 16.2. The van der Waals surface area contributed by atoms with E-state index in [4.69, 9.17) is 0 Å². The molecule has 0 aliphatic carbocycles. The standard InChI is InChI=1S/C19H20N6O2/c1-13-21-18-16(8-5-11-25(18)23-13)22-19(27)24-10-4-6-14(12-24)17(26)15-7-2-3-9-20-15/h2-3,5,7-9,11,14H,4,6,10,12H2,1H3,(H,22,27). The molecule has 1 fully saturated rings. The minimum absolute atomic E-state index is 0.0108. The second kappa shape index (κ2) is 7.14. The molecule has 1 unspecified atom stereocenters. The number of amides is 2. The molecule has 3 aromatic rings. The van der Waals surface area contributed by atoms with Crippen molar-refractivity contribution in [2.45, 2.75) is 19.8 Å². The summed E-state index contributed by atoms with van der Waals surface area (Å²) in [5.41, 5.74) is 1.65. The predicted molar refractivity (Wildman–Crippen MR) is 99.6 cm³/mol. The summed E-state index contributed by atoms with van der Waals surface area (Å²) in [6.45, 7) is 2.81. The molecule has 1 aliphatic rings. The van der Waals surface area contributed by atoms with Gasteiger partial charge < -0.3 is 10.2 Å². The van der Waals surface area contributed by atoms with Crippen molar-refractivity contribution < 1.29 is 9.59 Å². The van der Waals surface area contributed by atoms with Crippen molar-refractivity contribution in [2.75, 3.05) is 18.4 Å². The Balaban J connectivity index is 1.48. The fourth-order valence-electron chi connectivity index (χ4n) is 3.40. The third-order valence-electron chi connectivity index (χ3n) is 4.71. The van der Waals surface area contributed by atoms with Crippen LogP contribution in [-0.2, 0) is 0 Å². The van der Waals surface area contributed by atoms with Crippen LogP contribution >= 0.6 is 0 Å². The quantitative estimate of drug-likeness (QED) is 0.721. The number of likely N-dealkylation sites (tertiary alicyclic amines) is 1. The summed E-state index contributed by atoms with van der Waals surface area (Å²) in [5, 5.41) is 7.16. The molecule has 138 valence electrons. The lowest BCUT2D eigenvalue weighted by molar-refractivity contribution is 0.0846. The molecule has 0 aromatic carbocycles. The van der Waals surface area contributed by atoms with Crippen LogP contribution in [0.3, 0.4) is 0 Å². The lowest BCUT2D eigenvalue weighted by Crippen LogP contribution is -2.44. The van der Waals surface area contributed by atoms with Gasteiger partial charge in [0.15, 0.2) is 11.4 Å². The predicted octanol–water partition coefficient (Wildman–Crippen LogP) is 2.56. The molecule has 2 amide bonds. The van der Waals surface area contributed by atoms with Crippen molar-refractivity contribution >= 4 is 23.1 Å². The van der Waals surface area contributed by atoms with Crippen LogP contribution in [0.2, 0.25) is 0 Å². The van der Waals surface area contributed by atoms with Gasteiger partial charge in [-0.25, -0.2) is 14.3 Å². The number of rotatable bonds is 3. The number of ketones is 1. The molecular weight excluding hydrogens is 344 g/mol. The third-order valence-corrected chi connectivity index (χ3v) is 4.71. The molecule has 1 atom stereocenters. The van der Waals surface area contributed by atoms with Crippen LogP contribution in [0.15, 0.2) is 42.7 Å². The third kappa shape index (κ3) is 3.51. The Morgan fingerprint density at radius 1 is 1.22 bits per heavy atom. The molecule has 0 radical (unpaired) electrons. The van der Waals surface area contributed by atoms with Crippen LogP contribution < -0.4 is 5.32 Å². The number of nitrogens with zero attached hydrogens (tertiary/aromatic N) is 5. The smallest absolute Gasteiger partial charge is 0.321 e. The number of nitrogens with one attached hydrogen (secondary N) is 1. The molecule has 0 saturated carbocycles. The van der Waals surface area contributed by atoms with Gasteiger partial charge >= 0.3 is 6.03 Å². The van der Waals surface area contributed by atoms with Crippen LogP contribution in [0.1, 0.15) is 29.2 Å². The molecule has 27 heavy (non-hydrogen) atoms. The van der Waals surface area contributed by atoms with Crippen LogP contribution in [-0.4, -0.2) is 49.4 Å². The number of Topliss-reactive ketones (excluding diaryl/α,β-unsaturated/α-hetero) is 1. The van der Waals surface area contributed by atoms with E-state index >= 15 is 0 Å². The summed E-state index contributed by atoms with van der Waals surface area (Å²) in [5.74, 6) is 0.393. The maximum atomic E-state index is 12.8. The maximum absolute atomic E-state index is 12.8. The summed E-state index contributed by atoms with van der Waals surface area (Å²) in [7, 11) is 0.